The number of aromatic nitrogens is 1. The van der Waals surface area contributed by atoms with E-state index in [2.05, 4.69) is 36.3 Å². The van der Waals surface area contributed by atoms with Gasteiger partial charge < -0.3 is 10.1 Å². The predicted octanol–water partition coefficient (Wildman–Crippen LogP) is 3.63. The average Bonchev–Trinajstić information content (AvgIpc) is 2.77. The summed E-state index contributed by atoms with van der Waals surface area (Å²) in [5.74, 6) is 0.634. The van der Waals surface area contributed by atoms with Gasteiger partial charge in [-0.25, -0.2) is 4.98 Å². The number of rotatable bonds is 4. The molecule has 0 saturated carbocycles. The molecular formula is C13H16N2OS. The number of thiophene rings is 1. The SMILES string of the molecule is COc1ccc(NC(C)c2ccc(C)s2)cn1. The van der Waals surface area contributed by atoms with Gasteiger partial charge in [-0.3, -0.25) is 0 Å². The summed E-state index contributed by atoms with van der Waals surface area (Å²) in [4.78, 5) is 6.83. The molecule has 2 aromatic rings. The second-order valence-electron chi connectivity index (χ2n) is 3.90. The van der Waals surface area contributed by atoms with E-state index in [0.29, 0.717) is 11.9 Å². The Morgan fingerprint density at radius 2 is 2.12 bits per heavy atom. The molecule has 3 nitrogen and oxygen atoms in total. The van der Waals surface area contributed by atoms with Gasteiger partial charge in [-0.2, -0.15) is 0 Å². The predicted molar refractivity (Wildman–Crippen MR) is 71.9 cm³/mol. The molecule has 2 aromatic heterocycles. The first-order chi connectivity index (χ1) is 8.19. The van der Waals surface area contributed by atoms with Gasteiger partial charge in [0.1, 0.15) is 0 Å². The van der Waals surface area contributed by atoms with Gasteiger partial charge in [-0.1, -0.05) is 0 Å². The Labute approximate surface area is 105 Å². The molecule has 17 heavy (non-hydrogen) atoms. The molecule has 0 saturated heterocycles. The van der Waals surface area contributed by atoms with Crippen molar-refractivity contribution in [2.24, 2.45) is 0 Å². The minimum absolute atomic E-state index is 0.295. The first-order valence-electron chi connectivity index (χ1n) is 5.52. The molecule has 2 rings (SSSR count). The van der Waals surface area contributed by atoms with Crippen LogP contribution in [0, 0.1) is 6.92 Å². The molecule has 0 aromatic carbocycles. The Kier molecular flexibility index (Phi) is 3.64. The van der Waals surface area contributed by atoms with E-state index in [0.717, 1.165) is 5.69 Å². The van der Waals surface area contributed by atoms with Crippen molar-refractivity contribution in [2.45, 2.75) is 19.9 Å². The van der Waals surface area contributed by atoms with Crippen molar-refractivity contribution >= 4 is 17.0 Å². The Bertz CT molecular complexity index is 478. The molecule has 4 heteroatoms. The normalized spacial score (nSPS) is 12.2. The highest BCUT2D eigenvalue weighted by atomic mass is 32.1. The fourth-order valence-corrected chi connectivity index (χ4v) is 2.47. The van der Waals surface area contributed by atoms with Gasteiger partial charge in [0, 0.05) is 15.8 Å². The monoisotopic (exact) mass is 248 g/mol. The maximum Gasteiger partial charge on any atom is 0.213 e. The van der Waals surface area contributed by atoms with Crippen molar-refractivity contribution in [1.82, 2.24) is 4.98 Å². The summed E-state index contributed by atoms with van der Waals surface area (Å²) >= 11 is 1.82. The van der Waals surface area contributed by atoms with Crippen LogP contribution in [0.5, 0.6) is 5.88 Å². The smallest absolute Gasteiger partial charge is 0.213 e. The molecular weight excluding hydrogens is 232 g/mol. The minimum Gasteiger partial charge on any atom is -0.481 e. The van der Waals surface area contributed by atoms with Crippen molar-refractivity contribution < 1.29 is 4.74 Å². The van der Waals surface area contributed by atoms with Crippen LogP contribution in [0.1, 0.15) is 22.7 Å². The van der Waals surface area contributed by atoms with E-state index in [1.807, 2.05) is 23.5 Å². The van der Waals surface area contributed by atoms with Crippen LogP contribution >= 0.6 is 11.3 Å². The van der Waals surface area contributed by atoms with Crippen LogP contribution in [0.25, 0.3) is 0 Å². The highest BCUT2D eigenvalue weighted by Gasteiger charge is 2.07. The topological polar surface area (TPSA) is 34.1 Å². The summed E-state index contributed by atoms with van der Waals surface area (Å²) in [6, 6.07) is 8.43. The number of hydrogen-bond acceptors (Lipinski definition) is 4. The lowest BCUT2D eigenvalue weighted by molar-refractivity contribution is 0.398. The maximum atomic E-state index is 5.03. The van der Waals surface area contributed by atoms with Gasteiger partial charge in [-0.15, -0.1) is 11.3 Å². The number of nitrogens with one attached hydrogen (secondary N) is 1. The van der Waals surface area contributed by atoms with E-state index >= 15 is 0 Å². The van der Waals surface area contributed by atoms with Gasteiger partial charge in [-0.05, 0) is 32.0 Å². The molecule has 0 amide bonds. The lowest BCUT2D eigenvalue weighted by atomic mass is 10.2. The quantitative estimate of drug-likeness (QED) is 0.897. The van der Waals surface area contributed by atoms with E-state index in [1.54, 1.807) is 13.3 Å². The van der Waals surface area contributed by atoms with Crippen LogP contribution in [0.2, 0.25) is 0 Å². The molecule has 0 fully saturated rings. The summed E-state index contributed by atoms with van der Waals surface area (Å²) in [7, 11) is 1.62. The van der Waals surface area contributed by atoms with E-state index in [-0.39, 0.29) is 0 Å². The fraction of sp³-hybridized carbons (Fsp3) is 0.308. The van der Waals surface area contributed by atoms with E-state index in [4.69, 9.17) is 4.74 Å². The number of pyridine rings is 1. The molecule has 90 valence electrons. The molecule has 0 bridgehead atoms. The number of hydrogen-bond donors (Lipinski definition) is 1. The summed E-state index contributed by atoms with van der Waals surface area (Å²) in [6.45, 7) is 4.27. The largest absolute Gasteiger partial charge is 0.481 e. The third-order valence-corrected chi connectivity index (χ3v) is 3.70. The molecule has 1 N–H and O–H groups in total. The van der Waals surface area contributed by atoms with Crippen LogP contribution in [0.4, 0.5) is 5.69 Å². The number of ether oxygens (including phenoxy) is 1. The molecule has 1 unspecified atom stereocenters. The number of aryl methyl sites for hydroxylation is 1. The van der Waals surface area contributed by atoms with Crippen molar-refractivity contribution in [3.63, 3.8) is 0 Å². The van der Waals surface area contributed by atoms with Crippen LogP contribution < -0.4 is 10.1 Å². The molecule has 0 radical (unpaired) electrons. The van der Waals surface area contributed by atoms with Crippen LogP contribution in [-0.4, -0.2) is 12.1 Å². The van der Waals surface area contributed by atoms with E-state index in [1.165, 1.54) is 9.75 Å². The maximum absolute atomic E-state index is 5.03. The van der Waals surface area contributed by atoms with Gasteiger partial charge in [0.05, 0.1) is 25.0 Å². The summed E-state index contributed by atoms with van der Waals surface area (Å²) in [5, 5.41) is 3.42. The van der Waals surface area contributed by atoms with E-state index < -0.39 is 0 Å². The Hall–Kier alpha value is -1.55. The average molecular weight is 248 g/mol. The molecule has 0 aliphatic carbocycles. The molecule has 1 atom stereocenters. The lowest BCUT2D eigenvalue weighted by Crippen LogP contribution is -2.05. The highest BCUT2D eigenvalue weighted by molar-refractivity contribution is 7.12. The zero-order chi connectivity index (χ0) is 12.3. The minimum atomic E-state index is 0.295. The zero-order valence-electron chi connectivity index (χ0n) is 10.2. The summed E-state index contributed by atoms with van der Waals surface area (Å²) < 4.78 is 5.03. The van der Waals surface area contributed by atoms with E-state index in [9.17, 15) is 0 Å². The zero-order valence-corrected chi connectivity index (χ0v) is 11.0. The van der Waals surface area contributed by atoms with Crippen molar-refractivity contribution in [2.75, 3.05) is 12.4 Å². The van der Waals surface area contributed by atoms with Crippen molar-refractivity contribution in [3.8, 4) is 5.88 Å². The van der Waals surface area contributed by atoms with Gasteiger partial charge in [0.25, 0.3) is 0 Å². The number of nitrogens with zero attached hydrogens (tertiary/aromatic N) is 1. The first-order valence-corrected chi connectivity index (χ1v) is 6.33. The highest BCUT2D eigenvalue weighted by Crippen LogP contribution is 2.25. The van der Waals surface area contributed by atoms with Crippen molar-refractivity contribution in [1.29, 1.82) is 0 Å². The molecule has 0 spiro atoms. The fourth-order valence-electron chi connectivity index (χ4n) is 1.59. The van der Waals surface area contributed by atoms with Gasteiger partial charge in [0.15, 0.2) is 0 Å². The Morgan fingerprint density at radius 3 is 2.65 bits per heavy atom. The van der Waals surface area contributed by atoms with Crippen LogP contribution in [-0.2, 0) is 0 Å². The second-order valence-corrected chi connectivity index (χ2v) is 5.22. The Morgan fingerprint density at radius 1 is 1.29 bits per heavy atom. The molecule has 0 aliphatic heterocycles. The van der Waals surface area contributed by atoms with Gasteiger partial charge in [0.2, 0.25) is 5.88 Å². The second kappa shape index (κ2) is 5.19. The molecule has 2 heterocycles. The third-order valence-electron chi connectivity index (χ3n) is 2.52. The number of methoxy groups -OCH3 is 1. The van der Waals surface area contributed by atoms with Crippen LogP contribution in [0.3, 0.4) is 0 Å². The number of anilines is 1. The summed E-state index contributed by atoms with van der Waals surface area (Å²) in [6.07, 6.45) is 1.79. The summed E-state index contributed by atoms with van der Waals surface area (Å²) in [5.41, 5.74) is 1.00. The van der Waals surface area contributed by atoms with Crippen molar-refractivity contribution in [3.05, 3.63) is 40.2 Å². The first kappa shape index (κ1) is 11.9. The van der Waals surface area contributed by atoms with Crippen LogP contribution in [0.15, 0.2) is 30.5 Å². The lowest BCUT2D eigenvalue weighted by Gasteiger charge is -2.13. The third kappa shape index (κ3) is 2.97. The molecule has 0 aliphatic rings. The van der Waals surface area contributed by atoms with Gasteiger partial charge >= 0.3 is 0 Å². The Balaban J connectivity index is 2.04. The standard InChI is InChI=1S/C13H16N2OS/c1-9-4-6-12(17-9)10(2)15-11-5-7-13(16-3)14-8-11/h4-8,10,15H,1-3H3.